The van der Waals surface area contributed by atoms with Gasteiger partial charge >= 0.3 is 5.97 Å². The lowest BCUT2D eigenvalue weighted by atomic mass is 9.98. The summed E-state index contributed by atoms with van der Waals surface area (Å²) in [4.78, 5) is 39.0. The van der Waals surface area contributed by atoms with Crippen molar-refractivity contribution in [1.29, 1.82) is 0 Å². The Morgan fingerprint density at radius 3 is 2.85 bits per heavy atom. The summed E-state index contributed by atoms with van der Waals surface area (Å²) in [5, 5.41) is 17.0. The number of piperidine rings is 1. The predicted molar refractivity (Wildman–Crippen MR) is 92.4 cm³/mol. The van der Waals surface area contributed by atoms with E-state index in [1.807, 2.05) is 0 Å². The Hall–Kier alpha value is -2.97. The second-order valence-electron chi connectivity index (χ2n) is 6.59. The van der Waals surface area contributed by atoms with E-state index in [0.29, 0.717) is 30.5 Å². The van der Waals surface area contributed by atoms with Gasteiger partial charge in [0.05, 0.1) is 18.0 Å². The van der Waals surface area contributed by atoms with E-state index in [1.54, 1.807) is 37.0 Å². The monoisotopic (exact) mass is 359 g/mol. The minimum Gasteiger partial charge on any atom is -0.481 e. The number of rotatable bonds is 4. The Balaban J connectivity index is 1.66. The number of carbonyl (C=O) groups is 3. The fourth-order valence-electron chi connectivity index (χ4n) is 3.17. The van der Waals surface area contributed by atoms with Crippen molar-refractivity contribution in [3.05, 3.63) is 23.8 Å². The molecule has 1 aliphatic rings. The Labute approximate surface area is 150 Å². The minimum atomic E-state index is -0.885. The van der Waals surface area contributed by atoms with Gasteiger partial charge < -0.3 is 14.9 Å². The molecule has 2 aromatic rings. The van der Waals surface area contributed by atoms with Gasteiger partial charge in [0.25, 0.3) is 5.91 Å². The molecule has 1 fully saturated rings. The molecule has 1 aromatic heterocycles. The molecule has 0 aliphatic carbocycles. The van der Waals surface area contributed by atoms with Crippen LogP contribution in [-0.2, 0) is 16.6 Å². The van der Waals surface area contributed by atoms with Crippen molar-refractivity contribution in [2.24, 2.45) is 13.0 Å². The van der Waals surface area contributed by atoms with Gasteiger partial charge in [-0.3, -0.25) is 14.4 Å². The first-order valence-electron chi connectivity index (χ1n) is 8.42. The van der Waals surface area contributed by atoms with Crippen molar-refractivity contribution in [3.8, 4) is 0 Å². The van der Waals surface area contributed by atoms with Gasteiger partial charge in [0, 0.05) is 32.7 Å². The van der Waals surface area contributed by atoms with Gasteiger partial charge in [-0.15, -0.1) is 5.10 Å². The molecule has 0 bridgehead atoms. The highest BCUT2D eigenvalue weighted by Crippen LogP contribution is 2.17. The van der Waals surface area contributed by atoms with Crippen LogP contribution in [0.4, 0.5) is 0 Å². The van der Waals surface area contributed by atoms with Crippen molar-refractivity contribution in [2.75, 3.05) is 26.7 Å². The van der Waals surface area contributed by atoms with Crippen LogP contribution < -0.4 is 0 Å². The first kappa shape index (κ1) is 17.8. The molecule has 2 heterocycles. The van der Waals surface area contributed by atoms with Crippen LogP contribution >= 0.6 is 0 Å². The predicted octanol–water partition coefficient (Wildman–Crippen LogP) is 0.364. The number of hydrogen-bond acceptors (Lipinski definition) is 5. The first-order valence-corrected chi connectivity index (χ1v) is 8.42. The normalized spacial score (nSPS) is 17.3. The van der Waals surface area contributed by atoms with E-state index in [4.69, 9.17) is 5.11 Å². The molecule has 1 N–H and O–H groups in total. The third-order valence-electron chi connectivity index (χ3n) is 4.70. The summed E-state index contributed by atoms with van der Waals surface area (Å²) in [6.07, 6.45) is 1.23. The molecule has 1 atom stereocenters. The number of likely N-dealkylation sites (N-methyl/N-ethyl adjacent to an activating group) is 1. The molecule has 0 radical (unpaired) electrons. The Morgan fingerprint density at radius 2 is 2.12 bits per heavy atom. The molecule has 2 amide bonds. The number of carbonyl (C=O) groups excluding carboxylic acids is 2. The van der Waals surface area contributed by atoms with Crippen LogP contribution in [0, 0.1) is 5.92 Å². The number of aromatic nitrogens is 3. The van der Waals surface area contributed by atoms with Gasteiger partial charge in [-0.1, -0.05) is 5.21 Å². The molecule has 0 saturated carbocycles. The maximum absolute atomic E-state index is 12.6. The molecule has 26 heavy (non-hydrogen) atoms. The molecular weight excluding hydrogens is 338 g/mol. The van der Waals surface area contributed by atoms with E-state index in [0.717, 1.165) is 5.52 Å². The van der Waals surface area contributed by atoms with E-state index >= 15 is 0 Å². The maximum atomic E-state index is 12.6. The molecule has 1 aromatic carbocycles. The van der Waals surface area contributed by atoms with Crippen LogP contribution in [0.2, 0.25) is 0 Å². The second-order valence-corrected chi connectivity index (χ2v) is 6.59. The number of aliphatic carboxylic acids is 1. The topological polar surface area (TPSA) is 109 Å². The summed E-state index contributed by atoms with van der Waals surface area (Å²) >= 11 is 0. The summed E-state index contributed by atoms with van der Waals surface area (Å²) in [6, 6.07) is 5.09. The fourth-order valence-corrected chi connectivity index (χ4v) is 3.17. The lowest BCUT2D eigenvalue weighted by Gasteiger charge is -2.32. The van der Waals surface area contributed by atoms with E-state index < -0.39 is 11.9 Å². The van der Waals surface area contributed by atoms with Gasteiger partial charge in [-0.05, 0) is 31.0 Å². The van der Waals surface area contributed by atoms with E-state index in [2.05, 4.69) is 10.3 Å². The van der Waals surface area contributed by atoms with E-state index in [1.165, 1.54) is 9.80 Å². The van der Waals surface area contributed by atoms with Gasteiger partial charge in [0.2, 0.25) is 5.91 Å². The Bertz CT molecular complexity index is 862. The first-order chi connectivity index (χ1) is 12.4. The standard InChI is InChI=1S/C17H21N5O4/c1-20(10-15(23)22-7-3-4-12(9-22)17(25)26)16(24)11-5-6-14-13(8-11)18-19-21(14)2/h5-6,8,12H,3-4,7,9-10H2,1-2H3,(H,25,26). The quantitative estimate of drug-likeness (QED) is 0.844. The zero-order valence-electron chi connectivity index (χ0n) is 14.8. The zero-order chi connectivity index (χ0) is 18.8. The second kappa shape index (κ2) is 7.11. The summed E-state index contributed by atoms with van der Waals surface area (Å²) < 4.78 is 1.62. The SMILES string of the molecule is CN(CC(=O)N1CCCC(C(=O)O)C1)C(=O)c1ccc2c(c1)nnn2C. The number of hydrogen-bond donors (Lipinski definition) is 1. The van der Waals surface area contributed by atoms with Crippen LogP contribution in [0.3, 0.4) is 0 Å². The number of likely N-dealkylation sites (tertiary alicyclic amines) is 1. The highest BCUT2D eigenvalue weighted by molar-refractivity contribution is 5.98. The number of benzene rings is 1. The summed E-state index contributed by atoms with van der Waals surface area (Å²) in [5.74, 6) is -1.96. The summed E-state index contributed by atoms with van der Waals surface area (Å²) in [6.45, 7) is 0.627. The molecule has 3 rings (SSSR count). The average Bonchev–Trinajstić information content (AvgIpc) is 3.01. The highest BCUT2D eigenvalue weighted by Gasteiger charge is 2.29. The third kappa shape index (κ3) is 3.51. The van der Waals surface area contributed by atoms with E-state index in [9.17, 15) is 14.4 Å². The van der Waals surface area contributed by atoms with Crippen molar-refractivity contribution in [3.63, 3.8) is 0 Å². The molecule has 1 aliphatic heterocycles. The van der Waals surface area contributed by atoms with Crippen LogP contribution in [0.1, 0.15) is 23.2 Å². The van der Waals surface area contributed by atoms with Crippen molar-refractivity contribution < 1.29 is 19.5 Å². The van der Waals surface area contributed by atoms with Gasteiger partial charge in [0.1, 0.15) is 5.52 Å². The molecule has 0 spiro atoms. The largest absolute Gasteiger partial charge is 0.481 e. The molecule has 9 heteroatoms. The Morgan fingerprint density at radius 1 is 1.35 bits per heavy atom. The summed E-state index contributed by atoms with van der Waals surface area (Å²) in [5.41, 5.74) is 1.85. The van der Waals surface area contributed by atoms with Gasteiger partial charge in [0.15, 0.2) is 0 Å². The van der Waals surface area contributed by atoms with Crippen LogP contribution in [0.5, 0.6) is 0 Å². The molecule has 138 valence electrons. The number of nitrogens with zero attached hydrogens (tertiary/aromatic N) is 5. The molecule has 1 saturated heterocycles. The smallest absolute Gasteiger partial charge is 0.308 e. The number of fused-ring (bicyclic) bond motifs is 1. The molecular formula is C17H21N5O4. The average molecular weight is 359 g/mol. The lowest BCUT2D eigenvalue weighted by molar-refractivity contribution is -0.145. The summed E-state index contributed by atoms with van der Waals surface area (Å²) in [7, 11) is 3.32. The van der Waals surface area contributed by atoms with Crippen LogP contribution in [-0.4, -0.2) is 74.4 Å². The van der Waals surface area contributed by atoms with Gasteiger partial charge in [-0.2, -0.15) is 0 Å². The number of amides is 2. The maximum Gasteiger partial charge on any atom is 0.308 e. The number of carboxylic acids is 1. The van der Waals surface area contributed by atoms with E-state index in [-0.39, 0.29) is 24.9 Å². The minimum absolute atomic E-state index is 0.0936. The fraction of sp³-hybridized carbons (Fsp3) is 0.471. The lowest BCUT2D eigenvalue weighted by Crippen LogP contribution is -2.46. The highest BCUT2D eigenvalue weighted by atomic mass is 16.4. The van der Waals surface area contributed by atoms with Crippen molar-refractivity contribution in [2.45, 2.75) is 12.8 Å². The molecule has 9 nitrogen and oxygen atoms in total. The van der Waals surface area contributed by atoms with Crippen molar-refractivity contribution in [1.82, 2.24) is 24.8 Å². The Kier molecular flexibility index (Phi) is 4.88. The van der Waals surface area contributed by atoms with Crippen molar-refractivity contribution >= 4 is 28.8 Å². The van der Waals surface area contributed by atoms with Crippen LogP contribution in [0.15, 0.2) is 18.2 Å². The number of carboxylic acid groups (broad SMARTS) is 1. The number of aryl methyl sites for hydroxylation is 1. The third-order valence-corrected chi connectivity index (χ3v) is 4.70. The zero-order valence-corrected chi connectivity index (χ0v) is 14.8. The van der Waals surface area contributed by atoms with Crippen LogP contribution in [0.25, 0.3) is 11.0 Å². The molecule has 1 unspecified atom stereocenters. The van der Waals surface area contributed by atoms with Gasteiger partial charge in [-0.25, -0.2) is 4.68 Å².